The van der Waals surface area contributed by atoms with Crippen molar-refractivity contribution >= 4 is 38.9 Å². The van der Waals surface area contributed by atoms with Crippen LogP contribution in [-0.4, -0.2) is 44.9 Å². The third-order valence-electron chi connectivity index (χ3n) is 5.13. The molecule has 1 amide bonds. The SMILES string of the molecule is Cc1ccc2c(C(=O)N3CCCC[C@H]3CN(Br)c3ncccn3)cccc2n1. The normalized spacial score (nSPS) is 16.9. The number of halogens is 1. The van der Waals surface area contributed by atoms with Crippen molar-refractivity contribution in [2.45, 2.75) is 32.2 Å². The summed E-state index contributed by atoms with van der Waals surface area (Å²) >= 11 is 3.56. The first-order chi connectivity index (χ1) is 13.6. The molecular formula is C21H22BrN5O. The number of amides is 1. The Hall–Kier alpha value is -2.54. The van der Waals surface area contributed by atoms with Crippen LogP contribution in [0.5, 0.6) is 0 Å². The minimum atomic E-state index is 0.0656. The van der Waals surface area contributed by atoms with Gasteiger partial charge < -0.3 is 4.90 Å². The number of fused-ring (bicyclic) bond motifs is 1. The highest BCUT2D eigenvalue weighted by atomic mass is 79.9. The second-order valence-corrected chi connectivity index (χ2v) is 7.92. The lowest BCUT2D eigenvalue weighted by Crippen LogP contribution is -2.48. The number of pyridine rings is 1. The highest BCUT2D eigenvalue weighted by Gasteiger charge is 2.30. The van der Waals surface area contributed by atoms with Gasteiger partial charge in [0.05, 0.1) is 34.3 Å². The van der Waals surface area contributed by atoms with Gasteiger partial charge in [-0.1, -0.05) is 12.1 Å². The summed E-state index contributed by atoms with van der Waals surface area (Å²) in [6.07, 6.45) is 6.52. The lowest BCUT2D eigenvalue weighted by atomic mass is 9.99. The molecule has 0 saturated carbocycles. The Morgan fingerprint density at radius 1 is 1.18 bits per heavy atom. The highest BCUT2D eigenvalue weighted by molar-refractivity contribution is 9.10. The molecule has 3 aromatic rings. The van der Waals surface area contributed by atoms with Gasteiger partial charge in [-0.2, -0.15) is 0 Å². The van der Waals surface area contributed by atoms with Gasteiger partial charge in [0.15, 0.2) is 0 Å². The third-order valence-corrected chi connectivity index (χ3v) is 5.74. The number of aryl methyl sites for hydroxylation is 1. The third kappa shape index (κ3) is 3.85. The van der Waals surface area contributed by atoms with E-state index < -0.39 is 0 Å². The van der Waals surface area contributed by atoms with E-state index in [4.69, 9.17) is 0 Å². The average molecular weight is 440 g/mol. The van der Waals surface area contributed by atoms with Crippen molar-refractivity contribution < 1.29 is 4.79 Å². The maximum Gasteiger partial charge on any atom is 0.254 e. The van der Waals surface area contributed by atoms with Crippen molar-refractivity contribution in [2.75, 3.05) is 17.0 Å². The maximum absolute atomic E-state index is 13.5. The molecule has 0 aliphatic carbocycles. The minimum absolute atomic E-state index is 0.0656. The Balaban J connectivity index is 1.60. The molecule has 0 N–H and O–H groups in total. The Kier molecular flexibility index (Phi) is 5.52. The summed E-state index contributed by atoms with van der Waals surface area (Å²) in [5.41, 5.74) is 2.53. The van der Waals surface area contributed by atoms with Crippen LogP contribution in [0.1, 0.15) is 35.3 Å². The van der Waals surface area contributed by atoms with Crippen LogP contribution in [0.15, 0.2) is 48.8 Å². The molecule has 144 valence electrons. The fraction of sp³-hybridized carbons (Fsp3) is 0.333. The number of carbonyl (C=O) groups excluding carboxylic acids is 1. The standard InChI is InChI=1S/C21H22BrN5O/c1-15-9-10-17-18(7-4-8-19(17)25-15)20(28)26-13-3-2-6-16(26)14-27(22)21-23-11-5-12-24-21/h4-5,7-12,16H,2-3,6,13-14H2,1H3/t16-/m0/s1. The number of piperidine rings is 1. The van der Waals surface area contributed by atoms with Crippen LogP contribution < -0.4 is 3.93 Å². The first kappa shape index (κ1) is 18.8. The van der Waals surface area contributed by atoms with E-state index in [1.165, 1.54) is 0 Å². The topological polar surface area (TPSA) is 62.2 Å². The van der Waals surface area contributed by atoms with E-state index in [0.717, 1.165) is 42.4 Å². The number of benzene rings is 1. The molecule has 2 aromatic heterocycles. The maximum atomic E-state index is 13.5. The van der Waals surface area contributed by atoms with E-state index in [-0.39, 0.29) is 11.9 Å². The molecule has 3 heterocycles. The second-order valence-electron chi connectivity index (χ2n) is 7.07. The zero-order chi connectivity index (χ0) is 19.5. The van der Waals surface area contributed by atoms with E-state index in [9.17, 15) is 4.79 Å². The Bertz CT molecular complexity index is 981. The van der Waals surface area contributed by atoms with Crippen LogP contribution in [0.3, 0.4) is 0 Å². The summed E-state index contributed by atoms with van der Waals surface area (Å²) in [6.45, 7) is 3.36. The zero-order valence-electron chi connectivity index (χ0n) is 15.8. The predicted molar refractivity (Wildman–Crippen MR) is 113 cm³/mol. The van der Waals surface area contributed by atoms with Crippen LogP contribution in [0, 0.1) is 6.92 Å². The van der Waals surface area contributed by atoms with Gasteiger partial charge in [-0.05, 0) is 50.5 Å². The summed E-state index contributed by atoms with van der Waals surface area (Å²) in [6, 6.07) is 11.6. The summed E-state index contributed by atoms with van der Waals surface area (Å²) in [4.78, 5) is 28.6. The zero-order valence-corrected chi connectivity index (χ0v) is 17.3. The van der Waals surface area contributed by atoms with Crippen molar-refractivity contribution in [1.29, 1.82) is 0 Å². The molecule has 28 heavy (non-hydrogen) atoms. The van der Waals surface area contributed by atoms with Gasteiger partial charge in [-0.3, -0.25) is 13.7 Å². The summed E-state index contributed by atoms with van der Waals surface area (Å²) in [5, 5.41) is 0.907. The first-order valence-electron chi connectivity index (χ1n) is 9.51. The molecule has 0 radical (unpaired) electrons. The predicted octanol–water partition coefficient (Wildman–Crippen LogP) is 4.14. The van der Waals surface area contributed by atoms with Crippen LogP contribution in [0.2, 0.25) is 0 Å². The number of nitrogens with zero attached hydrogens (tertiary/aromatic N) is 5. The van der Waals surface area contributed by atoms with E-state index in [1.807, 2.05) is 46.1 Å². The number of hydrogen-bond acceptors (Lipinski definition) is 5. The van der Waals surface area contributed by atoms with E-state index >= 15 is 0 Å². The molecule has 1 fully saturated rings. The average Bonchev–Trinajstić information content (AvgIpc) is 2.73. The number of hydrogen-bond donors (Lipinski definition) is 0. The monoisotopic (exact) mass is 439 g/mol. The van der Waals surface area contributed by atoms with Crippen LogP contribution >= 0.6 is 16.1 Å². The molecule has 1 atom stereocenters. The summed E-state index contributed by atoms with van der Waals surface area (Å²) in [5.74, 6) is 0.668. The van der Waals surface area contributed by atoms with E-state index in [2.05, 4.69) is 31.1 Å². The number of rotatable bonds is 4. The molecule has 7 heteroatoms. The molecule has 4 rings (SSSR count). The van der Waals surface area contributed by atoms with E-state index in [0.29, 0.717) is 18.1 Å². The largest absolute Gasteiger partial charge is 0.334 e. The van der Waals surface area contributed by atoms with Crippen molar-refractivity contribution in [3.63, 3.8) is 0 Å². The summed E-state index contributed by atoms with van der Waals surface area (Å²) < 4.78 is 1.84. The molecule has 1 aliphatic rings. The Labute approximate surface area is 173 Å². The molecule has 1 aliphatic heterocycles. The molecule has 1 saturated heterocycles. The highest BCUT2D eigenvalue weighted by Crippen LogP contribution is 2.26. The van der Waals surface area contributed by atoms with Gasteiger partial charge in [0.25, 0.3) is 5.91 Å². The quantitative estimate of drug-likeness (QED) is 0.571. The summed E-state index contributed by atoms with van der Waals surface area (Å²) in [7, 11) is 0. The first-order valence-corrected chi connectivity index (χ1v) is 10.2. The fourth-order valence-corrected chi connectivity index (χ4v) is 4.26. The van der Waals surface area contributed by atoms with Crippen molar-refractivity contribution in [2.24, 2.45) is 0 Å². The second kappa shape index (κ2) is 8.22. The minimum Gasteiger partial charge on any atom is -0.334 e. The fourth-order valence-electron chi connectivity index (χ4n) is 3.74. The van der Waals surface area contributed by atoms with Gasteiger partial charge in [0.1, 0.15) is 0 Å². The molecule has 0 spiro atoms. The number of likely N-dealkylation sites (tertiary alicyclic amines) is 1. The van der Waals surface area contributed by atoms with Crippen molar-refractivity contribution in [3.8, 4) is 0 Å². The number of anilines is 1. The molecule has 6 nitrogen and oxygen atoms in total. The molecule has 0 unspecified atom stereocenters. The van der Waals surface area contributed by atoms with Gasteiger partial charge >= 0.3 is 0 Å². The van der Waals surface area contributed by atoms with Gasteiger partial charge in [0.2, 0.25) is 5.95 Å². The van der Waals surface area contributed by atoms with Crippen LogP contribution in [0.25, 0.3) is 10.9 Å². The van der Waals surface area contributed by atoms with Crippen LogP contribution in [0.4, 0.5) is 5.95 Å². The van der Waals surface area contributed by atoms with Crippen molar-refractivity contribution in [3.05, 3.63) is 60.0 Å². The molecule has 1 aromatic carbocycles. The number of carbonyl (C=O) groups is 1. The smallest absolute Gasteiger partial charge is 0.254 e. The van der Waals surface area contributed by atoms with Gasteiger partial charge in [0, 0.05) is 35.6 Å². The van der Waals surface area contributed by atoms with E-state index in [1.54, 1.807) is 18.5 Å². The Morgan fingerprint density at radius 3 is 2.82 bits per heavy atom. The molecular weight excluding hydrogens is 418 g/mol. The lowest BCUT2D eigenvalue weighted by molar-refractivity contribution is 0.0627. The van der Waals surface area contributed by atoms with Gasteiger partial charge in [-0.25, -0.2) is 9.97 Å². The lowest BCUT2D eigenvalue weighted by Gasteiger charge is -2.37. The number of aromatic nitrogens is 3. The van der Waals surface area contributed by atoms with Crippen molar-refractivity contribution in [1.82, 2.24) is 19.9 Å². The van der Waals surface area contributed by atoms with Gasteiger partial charge in [-0.15, -0.1) is 0 Å². The molecule has 0 bridgehead atoms. The van der Waals surface area contributed by atoms with Crippen LogP contribution in [-0.2, 0) is 0 Å². The Morgan fingerprint density at radius 2 is 2.00 bits per heavy atom.